The van der Waals surface area contributed by atoms with Gasteiger partial charge in [0.2, 0.25) is 0 Å². The zero-order valence-corrected chi connectivity index (χ0v) is 20.7. The number of anilines is 3. The van der Waals surface area contributed by atoms with Crippen molar-refractivity contribution >= 4 is 40.7 Å². The molecule has 0 bridgehead atoms. The SMILES string of the molecule is CCOC(=O)c1ccc(N2CCN(c3ccc(C(=O)Nc4ccc(CCl)c(C)c4)cn3)CC2)cc1. The van der Waals surface area contributed by atoms with E-state index in [-0.39, 0.29) is 11.9 Å². The number of esters is 1. The highest BCUT2D eigenvalue weighted by Crippen LogP contribution is 2.21. The first-order valence-corrected chi connectivity index (χ1v) is 12.2. The first kappa shape index (κ1) is 24.5. The van der Waals surface area contributed by atoms with Crippen LogP contribution < -0.4 is 15.1 Å². The van der Waals surface area contributed by atoms with Gasteiger partial charge >= 0.3 is 5.97 Å². The van der Waals surface area contributed by atoms with Gasteiger partial charge in [-0.1, -0.05) is 6.07 Å². The summed E-state index contributed by atoms with van der Waals surface area (Å²) in [6.07, 6.45) is 1.62. The molecule has 1 aliphatic rings. The fraction of sp³-hybridized carbons (Fsp3) is 0.296. The van der Waals surface area contributed by atoms with E-state index in [0.717, 1.165) is 54.5 Å². The summed E-state index contributed by atoms with van der Waals surface area (Å²) < 4.78 is 5.05. The van der Waals surface area contributed by atoms with E-state index >= 15 is 0 Å². The van der Waals surface area contributed by atoms with Crippen molar-refractivity contribution in [2.75, 3.05) is 47.9 Å². The molecule has 1 amide bonds. The summed E-state index contributed by atoms with van der Waals surface area (Å²) >= 11 is 5.91. The van der Waals surface area contributed by atoms with Crippen LogP contribution in [0.2, 0.25) is 0 Å². The molecule has 8 heteroatoms. The third-order valence-electron chi connectivity index (χ3n) is 6.10. The number of hydrogen-bond donors (Lipinski definition) is 1. The number of aromatic nitrogens is 1. The number of benzene rings is 2. The van der Waals surface area contributed by atoms with Crippen LogP contribution in [0, 0.1) is 6.92 Å². The van der Waals surface area contributed by atoms with Gasteiger partial charge in [-0.2, -0.15) is 0 Å². The average Bonchev–Trinajstić information content (AvgIpc) is 2.89. The molecule has 0 saturated carbocycles. The lowest BCUT2D eigenvalue weighted by Crippen LogP contribution is -2.46. The molecule has 3 aromatic rings. The predicted octanol–water partition coefficient (Wildman–Crippen LogP) is 4.88. The minimum atomic E-state index is -0.300. The van der Waals surface area contributed by atoms with Gasteiger partial charge in [0.05, 0.1) is 17.7 Å². The Kier molecular flexibility index (Phi) is 7.87. The molecule has 0 aliphatic carbocycles. The Morgan fingerprint density at radius 3 is 2.26 bits per heavy atom. The molecule has 1 N–H and O–H groups in total. The Balaban J connectivity index is 1.32. The van der Waals surface area contributed by atoms with Crippen molar-refractivity contribution in [2.45, 2.75) is 19.7 Å². The van der Waals surface area contributed by atoms with Crippen molar-refractivity contribution in [3.8, 4) is 0 Å². The molecular formula is C27H29ClN4O3. The maximum Gasteiger partial charge on any atom is 0.338 e. The third-order valence-corrected chi connectivity index (χ3v) is 6.39. The zero-order valence-electron chi connectivity index (χ0n) is 20.0. The van der Waals surface area contributed by atoms with Gasteiger partial charge in [-0.25, -0.2) is 9.78 Å². The number of piperazine rings is 1. The van der Waals surface area contributed by atoms with Crippen molar-refractivity contribution in [1.29, 1.82) is 0 Å². The monoisotopic (exact) mass is 492 g/mol. The summed E-state index contributed by atoms with van der Waals surface area (Å²) in [5, 5.41) is 2.92. The van der Waals surface area contributed by atoms with E-state index in [9.17, 15) is 9.59 Å². The van der Waals surface area contributed by atoms with Gasteiger partial charge in [-0.15, -0.1) is 11.6 Å². The van der Waals surface area contributed by atoms with Crippen molar-refractivity contribution in [2.24, 2.45) is 0 Å². The van der Waals surface area contributed by atoms with Crippen LogP contribution in [0.3, 0.4) is 0 Å². The average molecular weight is 493 g/mol. The van der Waals surface area contributed by atoms with Crippen molar-refractivity contribution < 1.29 is 14.3 Å². The first-order valence-electron chi connectivity index (χ1n) is 11.7. The number of hydrogen-bond acceptors (Lipinski definition) is 6. The molecule has 1 fully saturated rings. The number of carbonyl (C=O) groups is 2. The van der Waals surface area contributed by atoms with Crippen LogP contribution in [0.5, 0.6) is 0 Å². The maximum atomic E-state index is 12.6. The molecule has 0 unspecified atom stereocenters. The molecule has 2 aromatic carbocycles. The molecule has 0 spiro atoms. The van der Waals surface area contributed by atoms with E-state index in [1.54, 1.807) is 31.3 Å². The number of nitrogens with zero attached hydrogens (tertiary/aromatic N) is 3. The number of nitrogens with one attached hydrogen (secondary N) is 1. The lowest BCUT2D eigenvalue weighted by Gasteiger charge is -2.36. The molecule has 182 valence electrons. The second-order valence-corrected chi connectivity index (χ2v) is 8.64. The second-order valence-electron chi connectivity index (χ2n) is 8.38. The van der Waals surface area contributed by atoms with Gasteiger partial charge < -0.3 is 19.9 Å². The van der Waals surface area contributed by atoms with Crippen LogP contribution in [0.15, 0.2) is 60.8 Å². The first-order chi connectivity index (χ1) is 17.0. The standard InChI is InChI=1S/C27H29ClN4O3/c1-3-35-27(34)20-5-9-24(10-6-20)31-12-14-32(15-13-31)25-11-7-22(18-29-25)26(33)30-23-8-4-21(17-28)19(2)16-23/h4-11,16,18H,3,12-15,17H2,1-2H3,(H,30,33). The van der Waals surface area contributed by atoms with E-state index < -0.39 is 0 Å². The van der Waals surface area contributed by atoms with Crippen LogP contribution in [-0.4, -0.2) is 49.6 Å². The number of alkyl halides is 1. The number of amides is 1. The van der Waals surface area contributed by atoms with E-state index in [4.69, 9.17) is 16.3 Å². The van der Waals surface area contributed by atoms with Crippen molar-refractivity contribution in [3.05, 3.63) is 83.0 Å². The summed E-state index contributed by atoms with van der Waals surface area (Å²) in [5.74, 6) is 0.798. The number of carbonyl (C=O) groups excluding carboxylic acids is 2. The van der Waals surface area contributed by atoms with Crippen LogP contribution in [0.4, 0.5) is 17.2 Å². The molecule has 4 rings (SSSR count). The highest BCUT2D eigenvalue weighted by molar-refractivity contribution is 6.17. The van der Waals surface area contributed by atoms with E-state index in [1.165, 1.54) is 0 Å². The minimum absolute atomic E-state index is 0.196. The number of aryl methyl sites for hydroxylation is 1. The van der Waals surface area contributed by atoms with Gasteiger partial charge in [-0.05, 0) is 73.5 Å². The van der Waals surface area contributed by atoms with Gasteiger partial charge in [0.25, 0.3) is 5.91 Å². The molecule has 35 heavy (non-hydrogen) atoms. The van der Waals surface area contributed by atoms with Gasteiger partial charge in [0, 0.05) is 49.6 Å². The second kappa shape index (κ2) is 11.2. The Morgan fingerprint density at radius 2 is 1.66 bits per heavy atom. The topological polar surface area (TPSA) is 74.8 Å². The highest BCUT2D eigenvalue weighted by Gasteiger charge is 2.19. The Bertz CT molecular complexity index is 1170. The fourth-order valence-electron chi connectivity index (χ4n) is 4.05. The van der Waals surface area contributed by atoms with E-state index in [1.807, 2.05) is 43.3 Å². The lowest BCUT2D eigenvalue weighted by molar-refractivity contribution is 0.0526. The molecule has 1 saturated heterocycles. The lowest BCUT2D eigenvalue weighted by atomic mass is 10.1. The van der Waals surface area contributed by atoms with Crippen LogP contribution in [0.25, 0.3) is 0 Å². The minimum Gasteiger partial charge on any atom is -0.462 e. The summed E-state index contributed by atoms with van der Waals surface area (Å²) in [5.41, 5.74) is 4.96. The Labute approximate surface area is 210 Å². The van der Waals surface area contributed by atoms with Gasteiger partial charge in [0.1, 0.15) is 5.82 Å². The Hall–Kier alpha value is -3.58. The highest BCUT2D eigenvalue weighted by atomic mass is 35.5. The number of rotatable bonds is 7. The molecule has 0 radical (unpaired) electrons. The van der Waals surface area contributed by atoms with Crippen LogP contribution in [-0.2, 0) is 10.6 Å². The Morgan fingerprint density at radius 1 is 0.971 bits per heavy atom. The number of ether oxygens (including phenoxy) is 1. The quantitative estimate of drug-likeness (QED) is 0.374. The van der Waals surface area contributed by atoms with E-state index in [2.05, 4.69) is 20.1 Å². The molecule has 7 nitrogen and oxygen atoms in total. The molecule has 2 heterocycles. The number of pyridine rings is 1. The number of halogens is 1. The largest absolute Gasteiger partial charge is 0.462 e. The molecule has 1 aliphatic heterocycles. The smallest absolute Gasteiger partial charge is 0.338 e. The van der Waals surface area contributed by atoms with Crippen LogP contribution >= 0.6 is 11.6 Å². The summed E-state index contributed by atoms with van der Waals surface area (Å²) in [6.45, 7) is 7.43. The van der Waals surface area contributed by atoms with E-state index in [0.29, 0.717) is 23.6 Å². The summed E-state index contributed by atoms with van der Waals surface area (Å²) in [6, 6.07) is 16.9. The van der Waals surface area contributed by atoms with Crippen molar-refractivity contribution in [3.63, 3.8) is 0 Å². The molecular weight excluding hydrogens is 464 g/mol. The third kappa shape index (κ3) is 5.92. The molecule has 0 atom stereocenters. The maximum absolute atomic E-state index is 12.6. The zero-order chi connectivity index (χ0) is 24.8. The van der Waals surface area contributed by atoms with Gasteiger partial charge in [0.15, 0.2) is 0 Å². The molecule has 1 aromatic heterocycles. The summed E-state index contributed by atoms with van der Waals surface area (Å²) in [4.78, 5) is 33.5. The fourth-order valence-corrected chi connectivity index (χ4v) is 4.35. The predicted molar refractivity (Wildman–Crippen MR) is 140 cm³/mol. The van der Waals surface area contributed by atoms with Crippen molar-refractivity contribution in [1.82, 2.24) is 4.98 Å². The normalized spacial score (nSPS) is 13.5. The summed E-state index contributed by atoms with van der Waals surface area (Å²) in [7, 11) is 0. The van der Waals surface area contributed by atoms with Gasteiger partial charge in [-0.3, -0.25) is 4.79 Å². The van der Waals surface area contributed by atoms with Crippen LogP contribution in [0.1, 0.15) is 38.8 Å².